The van der Waals surface area contributed by atoms with Gasteiger partial charge in [-0.15, -0.1) is 12.4 Å². The van der Waals surface area contributed by atoms with E-state index in [4.69, 9.17) is 4.74 Å². The van der Waals surface area contributed by atoms with Gasteiger partial charge in [-0.25, -0.2) is 4.39 Å². The van der Waals surface area contributed by atoms with Crippen molar-refractivity contribution in [3.63, 3.8) is 0 Å². The van der Waals surface area contributed by atoms with Crippen LogP contribution < -0.4 is 10.1 Å². The lowest BCUT2D eigenvalue weighted by Crippen LogP contribution is -2.38. The Balaban J connectivity index is 0.00000261. The average molecular weight is 393 g/mol. The van der Waals surface area contributed by atoms with Crippen molar-refractivity contribution in [2.24, 2.45) is 0 Å². The van der Waals surface area contributed by atoms with Gasteiger partial charge in [0.25, 0.3) is 5.91 Å². The maximum atomic E-state index is 12.9. The van der Waals surface area contributed by atoms with E-state index in [1.807, 2.05) is 0 Å². The van der Waals surface area contributed by atoms with Crippen molar-refractivity contribution in [2.45, 2.75) is 25.8 Å². The number of halogens is 2. The number of amides is 1. The van der Waals surface area contributed by atoms with E-state index in [1.165, 1.54) is 48.2 Å². The Kier molecular flexibility index (Phi) is 8.07. The lowest BCUT2D eigenvalue weighted by atomic mass is 10.0. The summed E-state index contributed by atoms with van der Waals surface area (Å²) in [5.74, 6) is -0.0184. The topological polar surface area (TPSA) is 41.6 Å². The van der Waals surface area contributed by atoms with Crippen LogP contribution in [0.25, 0.3) is 0 Å². The minimum atomic E-state index is -0.326. The molecule has 1 fully saturated rings. The SMILES string of the molecule is Cc1ccc(C(CNC(=O)COc2ccc(F)cc2)N2CCCC2)cc1.Cl. The van der Waals surface area contributed by atoms with Crippen LogP contribution in [0.15, 0.2) is 48.5 Å². The molecule has 3 rings (SSSR count). The Morgan fingerprint density at radius 1 is 1.11 bits per heavy atom. The van der Waals surface area contributed by atoms with Gasteiger partial charge in [0, 0.05) is 6.54 Å². The molecule has 0 aliphatic carbocycles. The van der Waals surface area contributed by atoms with Gasteiger partial charge in [-0.2, -0.15) is 0 Å². The molecule has 1 heterocycles. The smallest absolute Gasteiger partial charge is 0.258 e. The van der Waals surface area contributed by atoms with E-state index in [1.54, 1.807) is 0 Å². The highest BCUT2D eigenvalue weighted by Gasteiger charge is 2.23. The summed E-state index contributed by atoms with van der Waals surface area (Å²) >= 11 is 0. The van der Waals surface area contributed by atoms with Crippen LogP contribution in [0, 0.1) is 12.7 Å². The number of likely N-dealkylation sites (tertiary alicyclic amines) is 1. The Bertz CT molecular complexity index is 716. The third-order valence-corrected chi connectivity index (χ3v) is 4.72. The second-order valence-corrected chi connectivity index (χ2v) is 6.72. The predicted octanol–water partition coefficient (Wildman–Crippen LogP) is 3.89. The number of carbonyl (C=O) groups is 1. The number of rotatable bonds is 7. The largest absolute Gasteiger partial charge is 0.484 e. The molecule has 6 heteroatoms. The van der Waals surface area contributed by atoms with Crippen LogP contribution in [0.2, 0.25) is 0 Å². The van der Waals surface area contributed by atoms with Gasteiger partial charge in [-0.1, -0.05) is 29.8 Å². The molecule has 1 atom stereocenters. The quantitative estimate of drug-likeness (QED) is 0.777. The normalized spacial score (nSPS) is 15.0. The summed E-state index contributed by atoms with van der Waals surface area (Å²) < 4.78 is 18.3. The van der Waals surface area contributed by atoms with Crippen molar-refractivity contribution in [3.05, 3.63) is 65.5 Å². The van der Waals surface area contributed by atoms with Crippen LogP contribution in [-0.4, -0.2) is 37.0 Å². The summed E-state index contributed by atoms with van der Waals surface area (Å²) in [6.45, 7) is 4.66. The lowest BCUT2D eigenvalue weighted by molar-refractivity contribution is -0.123. The van der Waals surface area contributed by atoms with E-state index in [0.29, 0.717) is 12.3 Å². The fourth-order valence-corrected chi connectivity index (χ4v) is 3.24. The molecule has 2 aromatic carbocycles. The molecule has 0 bridgehead atoms. The van der Waals surface area contributed by atoms with Gasteiger partial charge in [0.2, 0.25) is 0 Å². The minimum Gasteiger partial charge on any atom is -0.484 e. The predicted molar refractivity (Wildman–Crippen MR) is 107 cm³/mol. The second-order valence-electron chi connectivity index (χ2n) is 6.72. The molecule has 0 spiro atoms. The molecule has 27 heavy (non-hydrogen) atoms. The molecule has 146 valence electrons. The fraction of sp³-hybridized carbons (Fsp3) is 0.381. The summed E-state index contributed by atoms with van der Waals surface area (Å²) in [5, 5.41) is 2.97. The summed E-state index contributed by atoms with van der Waals surface area (Å²) in [7, 11) is 0. The first-order valence-corrected chi connectivity index (χ1v) is 9.07. The third-order valence-electron chi connectivity index (χ3n) is 4.72. The summed E-state index contributed by atoms with van der Waals surface area (Å²) in [5.41, 5.74) is 2.45. The number of benzene rings is 2. The van der Waals surface area contributed by atoms with Gasteiger partial charge in [-0.05, 0) is 62.7 Å². The molecular formula is C21H26ClFN2O2. The standard InChI is InChI=1S/C21H25FN2O2.ClH/c1-16-4-6-17(7-5-16)20(24-12-2-3-13-24)14-23-21(25)15-26-19-10-8-18(22)9-11-19;/h4-11,20H,2-3,12-15H2,1H3,(H,23,25);1H. The second kappa shape index (κ2) is 10.3. The van der Waals surface area contributed by atoms with Crippen LogP contribution in [0.3, 0.4) is 0 Å². The van der Waals surface area contributed by atoms with Gasteiger partial charge in [0.05, 0.1) is 6.04 Å². The molecule has 2 aromatic rings. The van der Waals surface area contributed by atoms with E-state index in [0.717, 1.165) is 13.1 Å². The zero-order valence-corrected chi connectivity index (χ0v) is 16.3. The molecule has 0 aromatic heterocycles. The number of nitrogens with one attached hydrogen (secondary N) is 1. The lowest BCUT2D eigenvalue weighted by Gasteiger charge is -2.28. The van der Waals surface area contributed by atoms with Gasteiger partial charge in [-0.3, -0.25) is 9.69 Å². The molecule has 1 unspecified atom stereocenters. The average Bonchev–Trinajstić information content (AvgIpc) is 3.17. The number of nitrogens with zero attached hydrogens (tertiary/aromatic N) is 1. The maximum absolute atomic E-state index is 12.9. The Morgan fingerprint density at radius 2 is 1.74 bits per heavy atom. The van der Waals surface area contributed by atoms with Gasteiger partial charge in [0.15, 0.2) is 6.61 Å². The first kappa shape index (κ1) is 21.2. The number of carbonyl (C=O) groups excluding carboxylic acids is 1. The summed E-state index contributed by atoms with van der Waals surface area (Å²) in [6, 6.07) is 14.3. The molecule has 1 aliphatic rings. The fourth-order valence-electron chi connectivity index (χ4n) is 3.24. The van der Waals surface area contributed by atoms with Crippen LogP contribution >= 0.6 is 12.4 Å². The monoisotopic (exact) mass is 392 g/mol. The van der Waals surface area contributed by atoms with E-state index < -0.39 is 0 Å². The van der Waals surface area contributed by atoms with Crippen LogP contribution in [-0.2, 0) is 4.79 Å². The molecule has 1 aliphatic heterocycles. The molecule has 0 radical (unpaired) electrons. The Labute approximate surface area is 166 Å². The number of hydrogen-bond acceptors (Lipinski definition) is 3. The van der Waals surface area contributed by atoms with E-state index in [-0.39, 0.29) is 36.8 Å². The first-order valence-electron chi connectivity index (χ1n) is 9.07. The molecular weight excluding hydrogens is 367 g/mol. The molecule has 1 saturated heterocycles. The van der Waals surface area contributed by atoms with Crippen molar-refractivity contribution in [1.29, 1.82) is 0 Å². The minimum absolute atomic E-state index is 0. The van der Waals surface area contributed by atoms with E-state index >= 15 is 0 Å². The van der Waals surface area contributed by atoms with Crippen LogP contribution in [0.1, 0.15) is 30.0 Å². The summed E-state index contributed by atoms with van der Waals surface area (Å²) in [6.07, 6.45) is 2.40. The highest BCUT2D eigenvalue weighted by atomic mass is 35.5. The van der Waals surface area contributed by atoms with E-state index in [2.05, 4.69) is 41.4 Å². The van der Waals surface area contributed by atoms with Gasteiger partial charge < -0.3 is 10.1 Å². The highest BCUT2D eigenvalue weighted by Crippen LogP contribution is 2.24. The zero-order chi connectivity index (χ0) is 18.4. The van der Waals surface area contributed by atoms with Crippen molar-refractivity contribution >= 4 is 18.3 Å². The molecule has 1 amide bonds. The van der Waals surface area contributed by atoms with Crippen LogP contribution in [0.4, 0.5) is 4.39 Å². The van der Waals surface area contributed by atoms with Gasteiger partial charge >= 0.3 is 0 Å². The molecule has 4 nitrogen and oxygen atoms in total. The van der Waals surface area contributed by atoms with Crippen molar-refractivity contribution in [3.8, 4) is 5.75 Å². The first-order chi connectivity index (χ1) is 12.6. The maximum Gasteiger partial charge on any atom is 0.258 e. The van der Waals surface area contributed by atoms with Crippen LogP contribution in [0.5, 0.6) is 5.75 Å². The number of hydrogen-bond donors (Lipinski definition) is 1. The van der Waals surface area contributed by atoms with E-state index in [9.17, 15) is 9.18 Å². The molecule has 1 N–H and O–H groups in total. The number of aryl methyl sites for hydroxylation is 1. The van der Waals surface area contributed by atoms with Crippen molar-refractivity contribution in [2.75, 3.05) is 26.2 Å². The van der Waals surface area contributed by atoms with Crippen molar-refractivity contribution in [1.82, 2.24) is 10.2 Å². The zero-order valence-electron chi connectivity index (χ0n) is 15.5. The Hall–Kier alpha value is -2.11. The van der Waals surface area contributed by atoms with Gasteiger partial charge in [0.1, 0.15) is 11.6 Å². The Morgan fingerprint density at radius 3 is 2.37 bits per heavy atom. The molecule has 0 saturated carbocycles. The third kappa shape index (κ3) is 6.22. The number of ether oxygens (including phenoxy) is 1. The summed E-state index contributed by atoms with van der Waals surface area (Å²) in [4.78, 5) is 14.6. The highest BCUT2D eigenvalue weighted by molar-refractivity contribution is 5.85. The van der Waals surface area contributed by atoms with Crippen molar-refractivity contribution < 1.29 is 13.9 Å².